The summed E-state index contributed by atoms with van der Waals surface area (Å²) in [5.41, 5.74) is 2.75. The van der Waals surface area contributed by atoms with Crippen LogP contribution in [0.1, 0.15) is 11.3 Å². The summed E-state index contributed by atoms with van der Waals surface area (Å²) < 4.78 is 6.07. The SMILES string of the molecule is COc1cnc(C)c(Nc2ncc(Cl)cc2Br)c1C. The number of ether oxygens (including phenoxy) is 1. The second-order valence-corrected chi connectivity index (χ2v) is 5.31. The van der Waals surface area contributed by atoms with Crippen molar-refractivity contribution >= 4 is 39.0 Å². The van der Waals surface area contributed by atoms with E-state index in [9.17, 15) is 0 Å². The van der Waals surface area contributed by atoms with Crippen molar-refractivity contribution < 1.29 is 4.74 Å². The number of nitrogens with zero attached hydrogens (tertiary/aromatic N) is 2. The Balaban J connectivity index is 2.43. The number of aromatic nitrogens is 2. The molecule has 6 heteroatoms. The van der Waals surface area contributed by atoms with Gasteiger partial charge in [-0.1, -0.05) is 11.6 Å². The lowest BCUT2D eigenvalue weighted by Gasteiger charge is -2.15. The number of halogens is 2. The Bertz CT molecular complexity index is 619. The second-order valence-electron chi connectivity index (χ2n) is 4.02. The summed E-state index contributed by atoms with van der Waals surface area (Å²) in [5, 5.41) is 3.83. The second kappa shape index (κ2) is 5.75. The number of hydrogen-bond acceptors (Lipinski definition) is 4. The van der Waals surface area contributed by atoms with Gasteiger partial charge in [0.2, 0.25) is 0 Å². The molecule has 100 valence electrons. The molecular formula is C13H13BrClN3O. The topological polar surface area (TPSA) is 47.0 Å². The standard InChI is InChI=1S/C13H13BrClN3O/c1-7-11(19-3)6-16-8(2)12(7)18-13-10(14)4-9(15)5-17-13/h4-6H,1-3H3,(H,17,18). The highest BCUT2D eigenvalue weighted by molar-refractivity contribution is 9.10. The number of pyridine rings is 2. The minimum absolute atomic E-state index is 0.578. The van der Waals surface area contributed by atoms with E-state index in [-0.39, 0.29) is 0 Å². The van der Waals surface area contributed by atoms with Crippen molar-refractivity contribution in [3.05, 3.63) is 39.2 Å². The highest BCUT2D eigenvalue weighted by Gasteiger charge is 2.11. The Kier molecular flexibility index (Phi) is 4.27. The number of anilines is 2. The van der Waals surface area contributed by atoms with E-state index in [0.717, 1.165) is 27.2 Å². The monoisotopic (exact) mass is 341 g/mol. The largest absolute Gasteiger partial charge is 0.495 e. The molecule has 0 aliphatic heterocycles. The fraction of sp³-hybridized carbons (Fsp3) is 0.231. The Labute approximate surface area is 125 Å². The fourth-order valence-electron chi connectivity index (χ4n) is 1.73. The normalized spacial score (nSPS) is 10.4. The summed E-state index contributed by atoms with van der Waals surface area (Å²) in [6.45, 7) is 3.90. The van der Waals surface area contributed by atoms with Crippen molar-refractivity contribution in [2.24, 2.45) is 0 Å². The molecule has 0 amide bonds. The van der Waals surface area contributed by atoms with E-state index in [1.165, 1.54) is 0 Å². The summed E-state index contributed by atoms with van der Waals surface area (Å²) in [6.07, 6.45) is 3.30. The lowest BCUT2D eigenvalue weighted by molar-refractivity contribution is 0.410. The van der Waals surface area contributed by atoms with Crippen LogP contribution >= 0.6 is 27.5 Å². The van der Waals surface area contributed by atoms with Crippen molar-refractivity contribution in [2.75, 3.05) is 12.4 Å². The molecule has 0 aliphatic carbocycles. The van der Waals surface area contributed by atoms with Crippen LogP contribution in [-0.2, 0) is 0 Å². The molecule has 0 bridgehead atoms. The van der Waals surface area contributed by atoms with Crippen molar-refractivity contribution in [1.82, 2.24) is 9.97 Å². The van der Waals surface area contributed by atoms with Crippen molar-refractivity contribution in [1.29, 1.82) is 0 Å². The van der Waals surface area contributed by atoms with E-state index >= 15 is 0 Å². The predicted octanol–water partition coefficient (Wildman–Crippen LogP) is 4.26. The molecule has 0 saturated heterocycles. The Hall–Kier alpha value is -1.33. The van der Waals surface area contributed by atoms with Crippen LogP contribution in [0, 0.1) is 13.8 Å². The quantitative estimate of drug-likeness (QED) is 0.905. The summed E-state index contributed by atoms with van der Waals surface area (Å²) in [5.74, 6) is 1.42. The molecule has 0 spiro atoms. The third kappa shape index (κ3) is 2.98. The Morgan fingerprint density at radius 2 is 2.00 bits per heavy atom. The van der Waals surface area contributed by atoms with Crippen LogP contribution in [0.5, 0.6) is 5.75 Å². The van der Waals surface area contributed by atoms with Gasteiger partial charge in [0.15, 0.2) is 0 Å². The van der Waals surface area contributed by atoms with Gasteiger partial charge in [-0.3, -0.25) is 4.98 Å². The molecule has 0 radical (unpaired) electrons. The van der Waals surface area contributed by atoms with Gasteiger partial charge in [0.05, 0.1) is 34.2 Å². The molecule has 1 N–H and O–H groups in total. The van der Waals surface area contributed by atoms with Gasteiger partial charge in [0.25, 0.3) is 0 Å². The van der Waals surface area contributed by atoms with Gasteiger partial charge in [0.1, 0.15) is 11.6 Å². The van der Waals surface area contributed by atoms with E-state index in [0.29, 0.717) is 10.8 Å². The van der Waals surface area contributed by atoms with Crippen LogP contribution < -0.4 is 10.1 Å². The summed E-state index contributed by atoms with van der Waals surface area (Å²) in [7, 11) is 1.62. The molecule has 2 aromatic rings. The van der Waals surface area contributed by atoms with Gasteiger partial charge >= 0.3 is 0 Å². The average molecular weight is 343 g/mol. The maximum Gasteiger partial charge on any atom is 0.144 e. The van der Waals surface area contributed by atoms with Crippen LogP contribution in [0.4, 0.5) is 11.5 Å². The smallest absolute Gasteiger partial charge is 0.144 e. The average Bonchev–Trinajstić information content (AvgIpc) is 2.37. The van der Waals surface area contributed by atoms with Crippen molar-refractivity contribution in [3.8, 4) is 5.75 Å². The molecule has 2 heterocycles. The molecule has 19 heavy (non-hydrogen) atoms. The first-order valence-electron chi connectivity index (χ1n) is 5.61. The first-order valence-corrected chi connectivity index (χ1v) is 6.78. The van der Waals surface area contributed by atoms with Gasteiger partial charge in [-0.15, -0.1) is 0 Å². The van der Waals surface area contributed by atoms with Gasteiger partial charge < -0.3 is 10.1 Å². The maximum absolute atomic E-state index is 5.88. The van der Waals surface area contributed by atoms with Crippen LogP contribution in [-0.4, -0.2) is 17.1 Å². The minimum atomic E-state index is 0.578. The van der Waals surface area contributed by atoms with Gasteiger partial charge in [-0.25, -0.2) is 4.98 Å². The lowest BCUT2D eigenvalue weighted by atomic mass is 10.2. The predicted molar refractivity (Wildman–Crippen MR) is 80.5 cm³/mol. The number of aryl methyl sites for hydroxylation is 1. The summed E-state index contributed by atoms with van der Waals surface area (Å²) >= 11 is 9.31. The number of methoxy groups -OCH3 is 1. The first kappa shape index (κ1) is 14.1. The number of rotatable bonds is 3. The zero-order chi connectivity index (χ0) is 14.0. The molecule has 0 atom stereocenters. The van der Waals surface area contributed by atoms with Gasteiger partial charge in [0, 0.05) is 11.8 Å². The van der Waals surface area contributed by atoms with E-state index in [1.807, 2.05) is 13.8 Å². The molecular weight excluding hydrogens is 330 g/mol. The molecule has 0 unspecified atom stereocenters. The molecule has 2 rings (SSSR count). The lowest BCUT2D eigenvalue weighted by Crippen LogP contribution is -2.02. The molecule has 0 aliphatic rings. The van der Waals surface area contributed by atoms with E-state index < -0.39 is 0 Å². The molecule has 4 nitrogen and oxygen atoms in total. The molecule has 0 fully saturated rings. The van der Waals surface area contributed by atoms with Crippen LogP contribution in [0.3, 0.4) is 0 Å². The van der Waals surface area contributed by atoms with Gasteiger partial charge in [-0.2, -0.15) is 0 Å². The van der Waals surface area contributed by atoms with E-state index in [1.54, 1.807) is 25.6 Å². The van der Waals surface area contributed by atoms with Crippen molar-refractivity contribution in [3.63, 3.8) is 0 Å². The number of nitrogens with one attached hydrogen (secondary N) is 1. The summed E-state index contributed by atoms with van der Waals surface area (Å²) in [4.78, 5) is 8.55. The van der Waals surface area contributed by atoms with E-state index in [4.69, 9.17) is 16.3 Å². The zero-order valence-corrected chi connectivity index (χ0v) is 13.1. The minimum Gasteiger partial charge on any atom is -0.495 e. The molecule has 0 saturated carbocycles. The Morgan fingerprint density at radius 3 is 2.63 bits per heavy atom. The summed E-state index contributed by atoms with van der Waals surface area (Å²) in [6, 6.07) is 1.79. The third-order valence-corrected chi connectivity index (χ3v) is 3.56. The third-order valence-electron chi connectivity index (χ3n) is 2.75. The number of hydrogen-bond donors (Lipinski definition) is 1. The van der Waals surface area contributed by atoms with Crippen LogP contribution in [0.15, 0.2) is 22.9 Å². The van der Waals surface area contributed by atoms with Crippen LogP contribution in [0.2, 0.25) is 5.02 Å². The molecule has 0 aromatic carbocycles. The highest BCUT2D eigenvalue weighted by atomic mass is 79.9. The maximum atomic E-state index is 5.88. The van der Waals surface area contributed by atoms with Crippen molar-refractivity contribution in [2.45, 2.75) is 13.8 Å². The van der Waals surface area contributed by atoms with Gasteiger partial charge in [-0.05, 0) is 35.8 Å². The zero-order valence-electron chi connectivity index (χ0n) is 10.8. The first-order chi connectivity index (χ1) is 9.02. The Morgan fingerprint density at radius 1 is 1.26 bits per heavy atom. The molecule has 2 aromatic heterocycles. The fourth-order valence-corrected chi connectivity index (χ4v) is 2.46. The van der Waals surface area contributed by atoms with E-state index in [2.05, 4.69) is 31.2 Å². The highest BCUT2D eigenvalue weighted by Crippen LogP contribution is 2.32. The van der Waals surface area contributed by atoms with Crippen LogP contribution in [0.25, 0.3) is 0 Å².